The van der Waals surface area contributed by atoms with Crippen molar-refractivity contribution in [2.24, 2.45) is 0 Å². The Labute approximate surface area is 56.7 Å². The molecule has 0 saturated carbocycles. The Bertz CT molecular complexity index is 49.4. The fourth-order valence-corrected chi connectivity index (χ4v) is 0.612. The molecule has 8 heavy (non-hydrogen) atoms. The molecule has 0 aliphatic heterocycles. The minimum absolute atomic E-state index is 1.26. The summed E-state index contributed by atoms with van der Waals surface area (Å²) in [4.78, 5) is 0. The maximum absolute atomic E-state index is 3.12. The van der Waals surface area contributed by atoms with Crippen LogP contribution in [-0.2, 0) is 0 Å². The van der Waals surface area contributed by atoms with Crippen LogP contribution in [-0.4, -0.2) is 11.5 Å². The van der Waals surface area contributed by atoms with Crippen molar-refractivity contribution >= 4 is 11.8 Å². The molecule has 0 aromatic carbocycles. The summed E-state index contributed by atoms with van der Waals surface area (Å²) in [6.45, 7) is 10.6. The predicted octanol–water partition coefficient (Wildman–Crippen LogP) is 2.72. The third-order valence-corrected chi connectivity index (χ3v) is 1.22. The summed E-state index contributed by atoms with van der Waals surface area (Å²) in [5.74, 6) is 2.52. The molecule has 0 atom stereocenters. The Kier molecular flexibility index (Phi) is 21.3. The van der Waals surface area contributed by atoms with Crippen LogP contribution < -0.4 is 0 Å². The third kappa shape index (κ3) is 39.8. The van der Waals surface area contributed by atoms with E-state index < -0.39 is 0 Å². The zero-order valence-corrected chi connectivity index (χ0v) is 6.55. The molecule has 0 aliphatic rings. The van der Waals surface area contributed by atoms with Gasteiger partial charge in [0.2, 0.25) is 0 Å². The van der Waals surface area contributed by atoms with Crippen molar-refractivity contribution in [2.75, 3.05) is 11.5 Å². The van der Waals surface area contributed by atoms with Gasteiger partial charge in [-0.3, -0.25) is 0 Å². The zero-order chi connectivity index (χ0) is 6.83. The monoisotopic (exact) mass is 130 g/mol. The standard InChI is InChI=1S/C4H10S.C3H4/c1-3-5-4-2;1-3-2/h3-4H2,1-2H3;1-2H2. The summed E-state index contributed by atoms with van der Waals surface area (Å²) in [6, 6.07) is 0. The number of hydrogen-bond acceptors (Lipinski definition) is 1. The molecule has 0 radical (unpaired) electrons. The van der Waals surface area contributed by atoms with Crippen LogP contribution in [0.4, 0.5) is 0 Å². The van der Waals surface area contributed by atoms with Crippen LogP contribution in [0.2, 0.25) is 0 Å². The van der Waals surface area contributed by atoms with E-state index in [4.69, 9.17) is 0 Å². The van der Waals surface area contributed by atoms with E-state index in [2.05, 4.69) is 32.7 Å². The number of hydrogen-bond donors (Lipinski definition) is 0. The number of thioether (sulfide) groups is 1. The lowest BCUT2D eigenvalue weighted by Gasteiger charge is -1.80. The van der Waals surface area contributed by atoms with E-state index in [1.165, 1.54) is 11.5 Å². The SMILES string of the molecule is C=C=C.CCSCC. The van der Waals surface area contributed by atoms with E-state index in [0.29, 0.717) is 0 Å². The third-order valence-electron chi connectivity index (χ3n) is 0.408. The van der Waals surface area contributed by atoms with Crippen molar-refractivity contribution < 1.29 is 0 Å². The first-order valence-corrected chi connectivity index (χ1v) is 3.85. The zero-order valence-electron chi connectivity index (χ0n) is 5.74. The highest BCUT2D eigenvalue weighted by Crippen LogP contribution is 1.93. The Hall–Kier alpha value is -0.130. The predicted molar refractivity (Wildman–Crippen MR) is 43.4 cm³/mol. The molecule has 1 heteroatoms. The Balaban J connectivity index is 0. The molecule has 0 saturated heterocycles. The molecule has 0 rings (SSSR count). The molecular weight excluding hydrogens is 116 g/mol. The summed E-state index contributed by atoms with van der Waals surface area (Å²) >= 11 is 1.96. The van der Waals surface area contributed by atoms with E-state index in [1.807, 2.05) is 11.8 Å². The van der Waals surface area contributed by atoms with E-state index in [-0.39, 0.29) is 0 Å². The molecule has 0 spiro atoms. The first-order valence-electron chi connectivity index (χ1n) is 2.70. The van der Waals surface area contributed by atoms with Crippen LogP contribution in [0.15, 0.2) is 18.9 Å². The fraction of sp³-hybridized carbons (Fsp3) is 0.571. The first-order chi connectivity index (χ1) is 3.83. The van der Waals surface area contributed by atoms with Crippen molar-refractivity contribution in [3.8, 4) is 0 Å². The molecule has 0 unspecified atom stereocenters. The quantitative estimate of drug-likeness (QED) is 0.518. The van der Waals surface area contributed by atoms with Gasteiger partial charge >= 0.3 is 0 Å². The first kappa shape index (κ1) is 10.8. The molecule has 0 fully saturated rings. The molecule has 0 bridgehead atoms. The smallest absolute Gasteiger partial charge is 0.00961 e. The van der Waals surface area contributed by atoms with Crippen LogP contribution in [0.3, 0.4) is 0 Å². The Morgan fingerprint density at radius 3 is 1.50 bits per heavy atom. The average molecular weight is 130 g/mol. The molecule has 0 heterocycles. The van der Waals surface area contributed by atoms with Gasteiger partial charge in [0.05, 0.1) is 0 Å². The van der Waals surface area contributed by atoms with E-state index in [9.17, 15) is 0 Å². The van der Waals surface area contributed by atoms with Crippen molar-refractivity contribution in [3.05, 3.63) is 18.9 Å². The van der Waals surface area contributed by atoms with Gasteiger partial charge in [-0.1, -0.05) is 27.0 Å². The van der Waals surface area contributed by atoms with Gasteiger partial charge in [-0.2, -0.15) is 11.8 Å². The summed E-state index contributed by atoms with van der Waals surface area (Å²) in [6.07, 6.45) is 0. The summed E-state index contributed by atoms with van der Waals surface area (Å²) < 4.78 is 0. The molecule has 0 aromatic rings. The van der Waals surface area contributed by atoms with Crippen molar-refractivity contribution in [1.29, 1.82) is 0 Å². The summed E-state index contributed by atoms with van der Waals surface area (Å²) in [5.41, 5.74) is 2.25. The maximum Gasteiger partial charge on any atom is -0.00961 e. The summed E-state index contributed by atoms with van der Waals surface area (Å²) in [5, 5.41) is 0. The molecule has 0 N–H and O–H groups in total. The molecule has 48 valence electrons. The minimum atomic E-state index is 1.26. The van der Waals surface area contributed by atoms with Crippen LogP contribution >= 0.6 is 11.8 Å². The lowest BCUT2D eigenvalue weighted by atomic mass is 11.0. The second-order valence-corrected chi connectivity index (χ2v) is 2.59. The van der Waals surface area contributed by atoms with Crippen molar-refractivity contribution in [2.45, 2.75) is 13.8 Å². The van der Waals surface area contributed by atoms with Gasteiger partial charge in [-0.05, 0) is 11.5 Å². The minimum Gasteiger partial charge on any atom is -0.163 e. The van der Waals surface area contributed by atoms with Crippen molar-refractivity contribution in [3.63, 3.8) is 0 Å². The maximum atomic E-state index is 3.12. The van der Waals surface area contributed by atoms with Crippen LogP contribution in [0.5, 0.6) is 0 Å². The Morgan fingerprint density at radius 1 is 1.25 bits per heavy atom. The van der Waals surface area contributed by atoms with Gasteiger partial charge in [0.15, 0.2) is 0 Å². The molecule has 0 aliphatic carbocycles. The lowest BCUT2D eigenvalue weighted by molar-refractivity contribution is 1.46. The van der Waals surface area contributed by atoms with E-state index in [0.717, 1.165) is 0 Å². The topological polar surface area (TPSA) is 0 Å². The molecular formula is C7H14S. The van der Waals surface area contributed by atoms with Crippen LogP contribution in [0, 0.1) is 0 Å². The molecule has 0 amide bonds. The second-order valence-electron chi connectivity index (χ2n) is 1.03. The van der Waals surface area contributed by atoms with E-state index >= 15 is 0 Å². The van der Waals surface area contributed by atoms with Gasteiger partial charge in [0.25, 0.3) is 0 Å². The Morgan fingerprint density at radius 2 is 1.50 bits per heavy atom. The van der Waals surface area contributed by atoms with Gasteiger partial charge < -0.3 is 0 Å². The van der Waals surface area contributed by atoms with Gasteiger partial charge in [-0.15, -0.1) is 5.73 Å². The highest BCUT2D eigenvalue weighted by atomic mass is 32.2. The second kappa shape index (κ2) is 15.8. The van der Waals surface area contributed by atoms with Gasteiger partial charge in [-0.25, -0.2) is 0 Å². The van der Waals surface area contributed by atoms with E-state index in [1.54, 1.807) is 0 Å². The fourth-order valence-electron chi connectivity index (χ4n) is 0.204. The van der Waals surface area contributed by atoms with Crippen molar-refractivity contribution in [1.82, 2.24) is 0 Å². The number of rotatable bonds is 2. The van der Waals surface area contributed by atoms with Crippen LogP contribution in [0.1, 0.15) is 13.8 Å². The summed E-state index contributed by atoms with van der Waals surface area (Å²) in [7, 11) is 0. The largest absolute Gasteiger partial charge is 0.163 e. The van der Waals surface area contributed by atoms with Gasteiger partial charge in [0, 0.05) is 0 Å². The average Bonchev–Trinajstić information content (AvgIpc) is 1.71. The highest BCUT2D eigenvalue weighted by molar-refractivity contribution is 7.99. The normalized spacial score (nSPS) is 6.25. The molecule has 0 aromatic heterocycles. The lowest BCUT2D eigenvalue weighted by Crippen LogP contribution is -1.64. The highest BCUT2D eigenvalue weighted by Gasteiger charge is 1.67. The van der Waals surface area contributed by atoms with Crippen LogP contribution in [0.25, 0.3) is 0 Å². The van der Waals surface area contributed by atoms with Gasteiger partial charge in [0.1, 0.15) is 0 Å². The molecule has 0 nitrogen and oxygen atoms in total.